The second-order valence-electron chi connectivity index (χ2n) is 7.47. The normalized spacial score (nSPS) is 33.0. The van der Waals surface area contributed by atoms with Gasteiger partial charge >= 0.3 is 5.97 Å². The molecule has 0 bridgehead atoms. The summed E-state index contributed by atoms with van der Waals surface area (Å²) in [6.07, 6.45) is 5.19. The van der Waals surface area contributed by atoms with E-state index in [9.17, 15) is 14.7 Å². The molecule has 0 aromatic carbocycles. The zero-order valence-electron chi connectivity index (χ0n) is 14.9. The molecular formula is C16H31BN3O5. The van der Waals surface area contributed by atoms with Crippen LogP contribution in [0.2, 0.25) is 6.32 Å². The third-order valence-electron chi connectivity index (χ3n) is 5.89. The molecule has 3 unspecified atom stereocenters. The maximum Gasteiger partial charge on any atom is 0.323 e. The molecule has 1 heterocycles. The van der Waals surface area contributed by atoms with E-state index in [1.54, 1.807) is 6.92 Å². The Labute approximate surface area is 149 Å². The number of nitrogens with two attached hydrogens (primary N) is 2. The molecule has 0 aromatic heterocycles. The van der Waals surface area contributed by atoms with Crippen LogP contribution in [0.15, 0.2) is 0 Å². The Morgan fingerprint density at radius 2 is 2.04 bits per heavy atom. The Morgan fingerprint density at radius 3 is 2.60 bits per heavy atom. The molecule has 25 heavy (non-hydrogen) atoms. The smallest absolute Gasteiger partial charge is 0.323 e. The van der Waals surface area contributed by atoms with Gasteiger partial charge in [0.2, 0.25) is 5.91 Å². The van der Waals surface area contributed by atoms with Crippen molar-refractivity contribution in [2.75, 3.05) is 6.54 Å². The van der Waals surface area contributed by atoms with Crippen molar-refractivity contribution in [3.05, 3.63) is 0 Å². The summed E-state index contributed by atoms with van der Waals surface area (Å²) in [5.74, 6) is -1.25. The molecule has 1 aliphatic heterocycles. The minimum absolute atomic E-state index is 0. The van der Waals surface area contributed by atoms with Crippen LogP contribution in [0.5, 0.6) is 0 Å². The largest absolute Gasteiger partial charge is 0.480 e. The highest BCUT2D eigenvalue weighted by Gasteiger charge is 2.55. The van der Waals surface area contributed by atoms with Crippen molar-refractivity contribution < 1.29 is 25.2 Å². The van der Waals surface area contributed by atoms with E-state index in [1.807, 2.05) is 4.90 Å². The Hall–Kier alpha value is -1.16. The van der Waals surface area contributed by atoms with Crippen molar-refractivity contribution in [3.63, 3.8) is 0 Å². The van der Waals surface area contributed by atoms with E-state index in [4.69, 9.17) is 16.5 Å². The van der Waals surface area contributed by atoms with Gasteiger partial charge in [0, 0.05) is 12.1 Å². The summed E-state index contributed by atoms with van der Waals surface area (Å²) in [5.41, 5.74) is 10.5. The van der Waals surface area contributed by atoms with Gasteiger partial charge < -0.3 is 32.0 Å². The predicted molar refractivity (Wildman–Crippen MR) is 94.9 cm³/mol. The van der Waals surface area contributed by atoms with Gasteiger partial charge in [-0.1, -0.05) is 12.7 Å². The molecule has 2 aliphatic rings. The van der Waals surface area contributed by atoms with Gasteiger partial charge in [-0.15, -0.1) is 0 Å². The lowest BCUT2D eigenvalue weighted by Gasteiger charge is -2.50. The highest BCUT2D eigenvalue weighted by molar-refractivity contribution is 6.25. The average molecular weight is 356 g/mol. The molecule has 1 amide bonds. The van der Waals surface area contributed by atoms with Gasteiger partial charge in [0.1, 0.15) is 5.54 Å². The second-order valence-corrected chi connectivity index (χ2v) is 7.47. The van der Waals surface area contributed by atoms with Crippen LogP contribution < -0.4 is 11.5 Å². The fraction of sp³-hybridized carbons (Fsp3) is 0.875. The van der Waals surface area contributed by atoms with Crippen molar-refractivity contribution in [2.24, 2.45) is 17.4 Å². The van der Waals surface area contributed by atoms with E-state index in [0.29, 0.717) is 45.0 Å². The van der Waals surface area contributed by atoms with Gasteiger partial charge in [-0.3, -0.25) is 9.59 Å². The summed E-state index contributed by atoms with van der Waals surface area (Å²) in [4.78, 5) is 26.1. The van der Waals surface area contributed by atoms with Gasteiger partial charge in [-0.25, -0.2) is 0 Å². The molecule has 2 fully saturated rings. The highest BCUT2D eigenvalue weighted by Crippen LogP contribution is 2.48. The summed E-state index contributed by atoms with van der Waals surface area (Å²) in [5, 5.41) is 18.5. The molecule has 1 radical (unpaired) electrons. The number of likely N-dealkylation sites (tertiary alicyclic amines) is 1. The number of rotatable bonds is 6. The number of carbonyl (C=O) groups excluding carboxylic acids is 1. The number of aliphatic carboxylic acids is 1. The number of carbonyl (C=O) groups is 2. The van der Waals surface area contributed by atoms with Crippen molar-refractivity contribution in [2.45, 2.75) is 75.3 Å². The van der Waals surface area contributed by atoms with Crippen LogP contribution in [0, 0.1) is 5.92 Å². The first-order valence-corrected chi connectivity index (χ1v) is 8.82. The summed E-state index contributed by atoms with van der Waals surface area (Å²) in [6, 6.07) is -0.550. The van der Waals surface area contributed by atoms with Crippen LogP contribution in [-0.2, 0) is 9.59 Å². The van der Waals surface area contributed by atoms with E-state index >= 15 is 0 Å². The minimum atomic E-state index is -1.26. The summed E-state index contributed by atoms with van der Waals surface area (Å²) < 4.78 is 0. The molecule has 1 aliphatic carbocycles. The predicted octanol–water partition coefficient (Wildman–Crippen LogP) is -0.738. The molecule has 2 rings (SSSR count). The fourth-order valence-corrected chi connectivity index (χ4v) is 4.48. The van der Waals surface area contributed by atoms with E-state index in [1.165, 1.54) is 0 Å². The minimum Gasteiger partial charge on any atom is -0.480 e. The molecule has 9 heteroatoms. The highest BCUT2D eigenvalue weighted by atomic mass is 16.4. The Balaban J connectivity index is 0.00000312. The molecule has 8 N–H and O–H groups in total. The Kier molecular flexibility index (Phi) is 7.43. The van der Waals surface area contributed by atoms with Crippen molar-refractivity contribution >= 4 is 19.4 Å². The summed E-state index contributed by atoms with van der Waals surface area (Å²) in [6.45, 7) is 2.37. The third kappa shape index (κ3) is 4.16. The molecule has 1 spiro atoms. The monoisotopic (exact) mass is 356 g/mol. The van der Waals surface area contributed by atoms with Crippen LogP contribution in [0.3, 0.4) is 0 Å². The zero-order valence-corrected chi connectivity index (χ0v) is 14.9. The molecule has 1 saturated heterocycles. The lowest BCUT2D eigenvalue weighted by Crippen LogP contribution is -2.64. The number of carboxylic acids is 1. The van der Waals surface area contributed by atoms with Crippen LogP contribution in [0.4, 0.5) is 0 Å². The fourth-order valence-electron chi connectivity index (χ4n) is 4.48. The van der Waals surface area contributed by atoms with Crippen molar-refractivity contribution in [1.29, 1.82) is 0 Å². The first kappa shape index (κ1) is 21.9. The molecule has 8 nitrogen and oxygen atoms in total. The first-order valence-electron chi connectivity index (χ1n) is 8.82. The summed E-state index contributed by atoms with van der Waals surface area (Å²) >= 11 is 0. The number of amides is 1. The number of hydrogen-bond donors (Lipinski definition) is 4. The Bertz CT molecular complexity index is 492. The van der Waals surface area contributed by atoms with Crippen LogP contribution in [0.1, 0.15) is 51.9 Å². The zero-order chi connectivity index (χ0) is 18.0. The SMILES string of the molecule is C[C@H](N)C(=O)N1CCCC12CCC(N)(C(=O)O)C(CCC[B]O)C2.O. The average Bonchev–Trinajstić information content (AvgIpc) is 2.93. The van der Waals surface area contributed by atoms with Gasteiger partial charge in [0.05, 0.1) is 6.04 Å². The first-order chi connectivity index (χ1) is 11.3. The topological polar surface area (TPSA) is 161 Å². The number of carboxylic acid groups (broad SMARTS) is 1. The maximum atomic E-state index is 12.5. The quantitative estimate of drug-likeness (QED) is 0.362. The lowest BCUT2D eigenvalue weighted by atomic mass is 9.63. The van der Waals surface area contributed by atoms with Crippen LogP contribution in [-0.4, -0.2) is 63.5 Å². The number of hydrogen-bond acceptors (Lipinski definition) is 5. The van der Waals surface area contributed by atoms with E-state index < -0.39 is 17.6 Å². The van der Waals surface area contributed by atoms with Crippen LogP contribution >= 0.6 is 0 Å². The van der Waals surface area contributed by atoms with Crippen molar-refractivity contribution in [1.82, 2.24) is 4.90 Å². The molecule has 4 atom stereocenters. The van der Waals surface area contributed by atoms with E-state index in [0.717, 1.165) is 20.3 Å². The van der Waals surface area contributed by atoms with Gasteiger partial charge in [0.25, 0.3) is 7.48 Å². The second kappa shape index (κ2) is 8.48. The van der Waals surface area contributed by atoms with Gasteiger partial charge in [-0.05, 0) is 51.4 Å². The number of nitrogens with zero attached hydrogens (tertiary/aromatic N) is 1. The van der Waals surface area contributed by atoms with E-state index in [2.05, 4.69) is 0 Å². The van der Waals surface area contributed by atoms with Crippen LogP contribution in [0.25, 0.3) is 0 Å². The standard InChI is InChI=1S/C16H29BN3O4.H2O/c1-11(18)13(21)20-9-3-5-15(20)6-7-16(19,14(22)23)12(10-15)4-2-8-17-24;/h11-12,24H,2-10,18-19H2,1H3,(H,22,23);1H2/t11-,12?,15?,16?;/m0./s1. The molecule has 0 aromatic rings. The summed E-state index contributed by atoms with van der Waals surface area (Å²) in [7, 11) is 1.10. The molecule has 143 valence electrons. The van der Waals surface area contributed by atoms with Crippen molar-refractivity contribution in [3.8, 4) is 0 Å². The third-order valence-corrected chi connectivity index (χ3v) is 5.89. The Morgan fingerprint density at radius 1 is 1.36 bits per heavy atom. The molecular weight excluding hydrogens is 325 g/mol. The lowest BCUT2D eigenvalue weighted by molar-refractivity contribution is -0.151. The van der Waals surface area contributed by atoms with Gasteiger partial charge in [0.15, 0.2) is 0 Å². The maximum absolute atomic E-state index is 12.5. The van der Waals surface area contributed by atoms with Gasteiger partial charge in [-0.2, -0.15) is 0 Å². The van der Waals surface area contributed by atoms with E-state index in [-0.39, 0.29) is 22.8 Å². The molecule has 1 saturated carbocycles.